The fourth-order valence-corrected chi connectivity index (χ4v) is 2.44. The average molecular weight is 272 g/mol. The molecule has 0 bridgehead atoms. The van der Waals surface area contributed by atoms with Crippen LogP contribution < -0.4 is 0 Å². The van der Waals surface area contributed by atoms with E-state index in [-0.39, 0.29) is 11.7 Å². The van der Waals surface area contributed by atoms with Crippen molar-refractivity contribution in [3.05, 3.63) is 34.6 Å². The van der Waals surface area contributed by atoms with Crippen molar-refractivity contribution in [3.63, 3.8) is 0 Å². The van der Waals surface area contributed by atoms with Crippen LogP contribution in [0.1, 0.15) is 18.4 Å². The minimum atomic E-state index is -0.733. The Labute approximate surface area is 110 Å². The van der Waals surface area contributed by atoms with Crippen LogP contribution in [0.2, 0.25) is 5.02 Å². The number of likely N-dealkylation sites (tertiary alicyclic amines) is 1. The van der Waals surface area contributed by atoms with E-state index in [4.69, 9.17) is 16.7 Å². The molecule has 1 aromatic rings. The number of rotatable bonds is 3. The predicted octanol–water partition coefficient (Wildman–Crippen LogP) is 2.78. The molecular weight excluding hydrogens is 257 g/mol. The molecule has 2 rings (SSSR count). The highest BCUT2D eigenvalue weighted by Crippen LogP contribution is 2.21. The highest BCUT2D eigenvalue weighted by atomic mass is 35.5. The first-order valence-corrected chi connectivity index (χ1v) is 6.33. The molecule has 0 saturated carbocycles. The minimum absolute atomic E-state index is 0.259. The maximum absolute atomic E-state index is 13.6. The molecule has 0 unspecified atom stereocenters. The lowest BCUT2D eigenvalue weighted by Gasteiger charge is -2.30. The summed E-state index contributed by atoms with van der Waals surface area (Å²) >= 11 is 5.84. The van der Waals surface area contributed by atoms with Gasteiger partial charge in [-0.05, 0) is 44.1 Å². The van der Waals surface area contributed by atoms with Gasteiger partial charge >= 0.3 is 5.97 Å². The molecule has 1 saturated heterocycles. The van der Waals surface area contributed by atoms with Gasteiger partial charge in [-0.3, -0.25) is 9.69 Å². The van der Waals surface area contributed by atoms with Crippen molar-refractivity contribution in [1.82, 2.24) is 4.90 Å². The van der Waals surface area contributed by atoms with Crippen LogP contribution in [0.4, 0.5) is 4.39 Å². The Morgan fingerprint density at radius 2 is 2.11 bits per heavy atom. The molecule has 1 aliphatic rings. The van der Waals surface area contributed by atoms with Gasteiger partial charge in [-0.25, -0.2) is 4.39 Å². The van der Waals surface area contributed by atoms with Crippen molar-refractivity contribution in [2.24, 2.45) is 5.92 Å². The first kappa shape index (κ1) is 13.3. The third-order valence-electron chi connectivity index (χ3n) is 3.34. The molecule has 0 spiro atoms. The summed E-state index contributed by atoms with van der Waals surface area (Å²) < 4.78 is 13.6. The lowest BCUT2D eigenvalue weighted by atomic mass is 9.97. The molecule has 1 heterocycles. The first-order valence-electron chi connectivity index (χ1n) is 5.95. The number of carbonyl (C=O) groups is 1. The quantitative estimate of drug-likeness (QED) is 0.919. The number of hydrogen-bond donors (Lipinski definition) is 1. The fraction of sp³-hybridized carbons (Fsp3) is 0.462. The van der Waals surface area contributed by atoms with Crippen molar-refractivity contribution >= 4 is 17.6 Å². The van der Waals surface area contributed by atoms with Gasteiger partial charge in [0.2, 0.25) is 0 Å². The summed E-state index contributed by atoms with van der Waals surface area (Å²) in [6.45, 7) is 1.85. The van der Waals surface area contributed by atoms with E-state index in [1.165, 1.54) is 12.1 Å². The maximum Gasteiger partial charge on any atom is 0.306 e. The summed E-state index contributed by atoms with van der Waals surface area (Å²) in [4.78, 5) is 12.9. The number of benzene rings is 1. The molecular formula is C13H15ClFNO2. The van der Waals surface area contributed by atoms with Gasteiger partial charge in [-0.1, -0.05) is 11.6 Å². The molecule has 0 amide bonds. The number of piperidine rings is 1. The van der Waals surface area contributed by atoms with Crippen LogP contribution in [0, 0.1) is 11.7 Å². The number of hydrogen-bond acceptors (Lipinski definition) is 2. The second-order valence-corrected chi connectivity index (χ2v) is 5.06. The van der Waals surface area contributed by atoms with Gasteiger partial charge in [-0.15, -0.1) is 0 Å². The minimum Gasteiger partial charge on any atom is -0.481 e. The lowest BCUT2D eigenvalue weighted by molar-refractivity contribution is -0.143. The fourth-order valence-electron chi connectivity index (χ4n) is 2.24. The third-order valence-corrected chi connectivity index (χ3v) is 3.57. The SMILES string of the molecule is O=C(O)C1CCN(Cc2cc(Cl)ccc2F)CC1. The standard InChI is InChI=1S/C13H15ClFNO2/c14-11-1-2-12(15)10(7-11)8-16-5-3-9(4-6-16)13(17)18/h1-2,7,9H,3-6,8H2,(H,17,18). The maximum atomic E-state index is 13.6. The zero-order chi connectivity index (χ0) is 13.1. The number of nitrogens with zero attached hydrogens (tertiary/aromatic N) is 1. The molecule has 1 fully saturated rings. The number of aliphatic carboxylic acids is 1. The molecule has 1 N–H and O–H groups in total. The van der Waals surface area contributed by atoms with E-state index in [0.29, 0.717) is 43.1 Å². The second kappa shape index (κ2) is 5.67. The van der Waals surface area contributed by atoms with Gasteiger partial charge in [0.05, 0.1) is 5.92 Å². The van der Waals surface area contributed by atoms with Crippen LogP contribution >= 0.6 is 11.6 Å². The largest absolute Gasteiger partial charge is 0.481 e. The van der Waals surface area contributed by atoms with Crippen LogP contribution in [0.5, 0.6) is 0 Å². The van der Waals surface area contributed by atoms with Crippen LogP contribution in [0.3, 0.4) is 0 Å². The molecule has 1 aliphatic heterocycles. The summed E-state index contributed by atoms with van der Waals surface area (Å²) in [5.41, 5.74) is 0.566. The van der Waals surface area contributed by atoms with Crippen LogP contribution in [0.25, 0.3) is 0 Å². The van der Waals surface area contributed by atoms with Crippen molar-refractivity contribution in [1.29, 1.82) is 0 Å². The van der Waals surface area contributed by atoms with E-state index in [1.54, 1.807) is 6.07 Å². The Bertz CT molecular complexity index is 445. The Kier molecular flexibility index (Phi) is 4.19. The van der Waals surface area contributed by atoms with Gasteiger partial charge in [0.15, 0.2) is 0 Å². The molecule has 5 heteroatoms. The van der Waals surface area contributed by atoms with Gasteiger partial charge < -0.3 is 5.11 Å². The molecule has 3 nitrogen and oxygen atoms in total. The molecule has 0 aliphatic carbocycles. The van der Waals surface area contributed by atoms with Crippen LogP contribution in [-0.2, 0) is 11.3 Å². The van der Waals surface area contributed by atoms with Crippen LogP contribution in [-0.4, -0.2) is 29.1 Å². The lowest BCUT2D eigenvalue weighted by Crippen LogP contribution is -2.36. The Hall–Kier alpha value is -1.13. The average Bonchev–Trinajstić information content (AvgIpc) is 2.34. The van der Waals surface area contributed by atoms with Crippen molar-refractivity contribution in [2.45, 2.75) is 19.4 Å². The topological polar surface area (TPSA) is 40.5 Å². The summed E-state index contributed by atoms with van der Waals surface area (Å²) in [5.74, 6) is -1.26. The highest BCUT2D eigenvalue weighted by Gasteiger charge is 2.24. The number of halogens is 2. The molecule has 98 valence electrons. The summed E-state index contributed by atoms with van der Waals surface area (Å²) in [6, 6.07) is 4.51. The Balaban J connectivity index is 1.95. The highest BCUT2D eigenvalue weighted by molar-refractivity contribution is 6.30. The van der Waals surface area contributed by atoms with Gasteiger partial charge in [0.1, 0.15) is 5.82 Å². The smallest absolute Gasteiger partial charge is 0.306 e. The number of carboxylic acid groups (broad SMARTS) is 1. The van der Waals surface area contributed by atoms with Gasteiger partial charge in [-0.2, -0.15) is 0 Å². The van der Waals surface area contributed by atoms with E-state index in [9.17, 15) is 9.18 Å². The normalized spacial score (nSPS) is 17.9. The van der Waals surface area contributed by atoms with Gasteiger partial charge in [0, 0.05) is 17.1 Å². The van der Waals surface area contributed by atoms with Crippen LogP contribution in [0.15, 0.2) is 18.2 Å². The monoisotopic (exact) mass is 271 g/mol. The summed E-state index contributed by atoms with van der Waals surface area (Å²) in [5, 5.41) is 9.42. The molecule has 0 aromatic heterocycles. The zero-order valence-corrected chi connectivity index (χ0v) is 10.7. The number of carboxylic acids is 1. The van der Waals surface area contributed by atoms with E-state index in [1.807, 2.05) is 0 Å². The van der Waals surface area contributed by atoms with Gasteiger partial charge in [0.25, 0.3) is 0 Å². The summed E-state index contributed by atoms with van der Waals surface area (Å²) in [6.07, 6.45) is 1.25. The second-order valence-electron chi connectivity index (χ2n) is 4.62. The van der Waals surface area contributed by atoms with E-state index in [0.717, 1.165) is 0 Å². The van der Waals surface area contributed by atoms with E-state index < -0.39 is 5.97 Å². The van der Waals surface area contributed by atoms with E-state index >= 15 is 0 Å². The molecule has 18 heavy (non-hydrogen) atoms. The zero-order valence-electron chi connectivity index (χ0n) is 9.90. The third kappa shape index (κ3) is 3.21. The molecule has 0 radical (unpaired) electrons. The van der Waals surface area contributed by atoms with E-state index in [2.05, 4.69) is 4.90 Å². The summed E-state index contributed by atoms with van der Waals surface area (Å²) in [7, 11) is 0. The van der Waals surface area contributed by atoms with Crippen molar-refractivity contribution < 1.29 is 14.3 Å². The molecule has 0 atom stereocenters. The predicted molar refractivity (Wildman–Crippen MR) is 67.0 cm³/mol. The molecule has 1 aromatic carbocycles. The Morgan fingerprint density at radius 1 is 1.44 bits per heavy atom. The Morgan fingerprint density at radius 3 is 2.72 bits per heavy atom. The first-order chi connectivity index (χ1) is 8.56. The van der Waals surface area contributed by atoms with Crippen molar-refractivity contribution in [2.75, 3.05) is 13.1 Å². The van der Waals surface area contributed by atoms with Crippen molar-refractivity contribution in [3.8, 4) is 0 Å².